The van der Waals surface area contributed by atoms with Gasteiger partial charge in [-0.25, -0.2) is 4.79 Å². The second-order valence-corrected chi connectivity index (χ2v) is 5.00. The molecular weight excluding hydrogens is 313 g/mol. The molecule has 0 aromatic heterocycles. The molecule has 1 N–H and O–H groups in total. The molecule has 0 saturated carbocycles. The molecule has 21 heavy (non-hydrogen) atoms. The number of fused-ring (bicyclic) bond motifs is 2. The van der Waals surface area contributed by atoms with Crippen molar-refractivity contribution in [2.45, 2.75) is 18.7 Å². The van der Waals surface area contributed by atoms with Crippen LogP contribution in [0.25, 0.3) is 6.08 Å². The van der Waals surface area contributed by atoms with Crippen molar-refractivity contribution in [1.29, 1.82) is 0 Å². The smallest absolute Gasteiger partial charge is 0.430 e. The van der Waals surface area contributed by atoms with Crippen LogP contribution in [0.2, 0.25) is 5.02 Å². The third-order valence-electron chi connectivity index (χ3n) is 3.31. The van der Waals surface area contributed by atoms with Crippen molar-refractivity contribution < 1.29 is 32.5 Å². The second kappa shape index (κ2) is 4.56. The van der Waals surface area contributed by atoms with E-state index in [1.54, 1.807) is 0 Å². The van der Waals surface area contributed by atoms with Gasteiger partial charge in [0.05, 0.1) is 17.2 Å². The molecule has 0 aliphatic carbocycles. The third-order valence-corrected chi connectivity index (χ3v) is 3.74. The molecule has 4 nitrogen and oxygen atoms in total. The lowest BCUT2D eigenvalue weighted by atomic mass is 9.98. The monoisotopic (exact) mass is 320 g/mol. The molecular formula is C13H8ClF3O4. The highest BCUT2D eigenvalue weighted by Gasteiger charge is 2.49. The van der Waals surface area contributed by atoms with Gasteiger partial charge in [0, 0.05) is 23.6 Å². The number of aliphatic carboxylic acids is 1. The average Bonchev–Trinajstić information content (AvgIpc) is 2.85. The van der Waals surface area contributed by atoms with E-state index in [-0.39, 0.29) is 16.3 Å². The number of hydrogen-bond acceptors (Lipinski definition) is 3. The van der Waals surface area contributed by atoms with E-state index in [0.717, 1.165) is 6.08 Å². The first-order chi connectivity index (χ1) is 9.79. The van der Waals surface area contributed by atoms with Crippen molar-refractivity contribution in [3.8, 4) is 11.5 Å². The SMILES string of the molecule is O=C(O)C1=Cc2c(cc3c(c2Cl)CCO3)OC1C(F)(F)F. The van der Waals surface area contributed by atoms with E-state index in [2.05, 4.69) is 0 Å². The van der Waals surface area contributed by atoms with Crippen molar-refractivity contribution in [2.75, 3.05) is 6.61 Å². The molecule has 0 saturated heterocycles. The van der Waals surface area contributed by atoms with Gasteiger partial charge in [0.15, 0.2) is 0 Å². The minimum atomic E-state index is -4.84. The Bertz CT molecular complexity index is 666. The summed E-state index contributed by atoms with van der Waals surface area (Å²) in [6.07, 6.45) is -5.94. The molecule has 1 aromatic rings. The Labute approximate surface area is 121 Å². The summed E-state index contributed by atoms with van der Waals surface area (Å²) < 4.78 is 48.9. The molecule has 1 aromatic carbocycles. The number of carbonyl (C=O) groups is 1. The van der Waals surface area contributed by atoms with E-state index < -0.39 is 23.8 Å². The maximum atomic E-state index is 12.9. The zero-order chi connectivity index (χ0) is 15.4. The molecule has 2 aliphatic heterocycles. The summed E-state index contributed by atoms with van der Waals surface area (Å²) in [7, 11) is 0. The standard InChI is InChI=1S/C13H8ClF3O4/c14-10-5-1-2-20-8(5)4-9-6(10)3-7(12(18)19)11(21-9)13(15,16)17/h3-4,11H,1-2H2,(H,18,19). The largest absolute Gasteiger partial charge is 0.493 e. The number of carboxylic acid groups (broad SMARTS) is 1. The van der Waals surface area contributed by atoms with Crippen molar-refractivity contribution in [2.24, 2.45) is 0 Å². The maximum absolute atomic E-state index is 12.9. The van der Waals surface area contributed by atoms with Gasteiger partial charge in [0.25, 0.3) is 0 Å². The highest BCUT2D eigenvalue weighted by molar-refractivity contribution is 6.33. The van der Waals surface area contributed by atoms with E-state index in [9.17, 15) is 18.0 Å². The van der Waals surface area contributed by atoms with Gasteiger partial charge in [0.1, 0.15) is 11.5 Å². The van der Waals surface area contributed by atoms with Gasteiger partial charge in [-0.1, -0.05) is 11.6 Å². The van der Waals surface area contributed by atoms with Crippen molar-refractivity contribution in [3.63, 3.8) is 0 Å². The molecule has 0 radical (unpaired) electrons. The molecule has 2 aliphatic rings. The number of benzene rings is 1. The zero-order valence-corrected chi connectivity index (χ0v) is 11.1. The average molecular weight is 321 g/mol. The highest BCUT2D eigenvalue weighted by atomic mass is 35.5. The number of ether oxygens (including phenoxy) is 2. The van der Waals surface area contributed by atoms with Crippen molar-refractivity contribution >= 4 is 23.6 Å². The lowest BCUT2D eigenvalue weighted by Gasteiger charge is -2.27. The molecule has 8 heteroatoms. The molecule has 0 spiro atoms. The first-order valence-electron chi connectivity index (χ1n) is 5.95. The zero-order valence-electron chi connectivity index (χ0n) is 10.3. The molecule has 2 heterocycles. The minimum Gasteiger partial charge on any atom is -0.493 e. The predicted molar refractivity (Wildman–Crippen MR) is 66.7 cm³/mol. The summed E-state index contributed by atoms with van der Waals surface area (Å²) in [5, 5.41) is 9.13. The molecule has 1 atom stereocenters. The van der Waals surface area contributed by atoms with Crippen LogP contribution in [-0.4, -0.2) is 30.0 Å². The summed E-state index contributed by atoms with van der Waals surface area (Å²) in [4.78, 5) is 11.1. The van der Waals surface area contributed by atoms with E-state index in [1.165, 1.54) is 6.07 Å². The summed E-state index contributed by atoms with van der Waals surface area (Å²) >= 11 is 6.13. The quantitative estimate of drug-likeness (QED) is 0.864. The van der Waals surface area contributed by atoms with Gasteiger partial charge in [-0.15, -0.1) is 0 Å². The molecule has 1 unspecified atom stereocenters. The van der Waals surface area contributed by atoms with Crippen LogP contribution in [0.1, 0.15) is 11.1 Å². The van der Waals surface area contributed by atoms with Crippen LogP contribution in [0.4, 0.5) is 13.2 Å². The fourth-order valence-electron chi connectivity index (χ4n) is 2.36. The number of alkyl halides is 3. The topological polar surface area (TPSA) is 55.8 Å². The Balaban J connectivity index is 2.18. The number of rotatable bonds is 1. The Kier molecular flexibility index (Phi) is 3.05. The molecule has 0 amide bonds. The van der Waals surface area contributed by atoms with Crippen LogP contribution < -0.4 is 9.47 Å². The van der Waals surface area contributed by atoms with Crippen LogP contribution in [0.3, 0.4) is 0 Å². The molecule has 112 valence electrons. The highest BCUT2D eigenvalue weighted by Crippen LogP contribution is 2.45. The van der Waals surface area contributed by atoms with Gasteiger partial charge in [0.2, 0.25) is 6.10 Å². The van der Waals surface area contributed by atoms with Gasteiger partial charge in [-0.05, 0) is 6.08 Å². The van der Waals surface area contributed by atoms with Crippen LogP contribution in [0.5, 0.6) is 11.5 Å². The predicted octanol–water partition coefficient (Wildman–Crippen LogP) is 3.07. The lowest BCUT2D eigenvalue weighted by molar-refractivity contribution is -0.187. The van der Waals surface area contributed by atoms with E-state index in [4.69, 9.17) is 26.2 Å². The Hall–Kier alpha value is -1.89. The fourth-order valence-corrected chi connectivity index (χ4v) is 2.69. The number of carboxylic acids is 1. The lowest BCUT2D eigenvalue weighted by Crippen LogP contribution is -2.40. The number of halogens is 4. The van der Waals surface area contributed by atoms with Gasteiger partial charge in [-0.3, -0.25) is 0 Å². The molecule has 3 rings (SSSR count). The Morgan fingerprint density at radius 1 is 1.38 bits per heavy atom. The van der Waals surface area contributed by atoms with E-state index in [1.807, 2.05) is 0 Å². The summed E-state index contributed by atoms with van der Waals surface area (Å²) in [6.45, 7) is 0.371. The fraction of sp³-hybridized carbons (Fsp3) is 0.308. The second-order valence-electron chi connectivity index (χ2n) is 4.62. The van der Waals surface area contributed by atoms with Gasteiger partial charge >= 0.3 is 12.1 Å². The summed E-state index contributed by atoms with van der Waals surface area (Å²) in [6, 6.07) is 1.32. The number of hydrogen-bond donors (Lipinski definition) is 1. The first-order valence-corrected chi connectivity index (χ1v) is 6.33. The van der Waals surface area contributed by atoms with Crippen molar-refractivity contribution in [3.05, 3.63) is 27.8 Å². The summed E-state index contributed by atoms with van der Waals surface area (Å²) in [5.74, 6) is -1.46. The normalized spacial score (nSPS) is 20.0. The van der Waals surface area contributed by atoms with Gasteiger partial charge in [-0.2, -0.15) is 13.2 Å². The van der Waals surface area contributed by atoms with E-state index >= 15 is 0 Å². The first kappa shape index (κ1) is 14.1. The van der Waals surface area contributed by atoms with Crippen LogP contribution in [0.15, 0.2) is 11.6 Å². The van der Waals surface area contributed by atoms with Gasteiger partial charge < -0.3 is 14.6 Å². The maximum Gasteiger partial charge on any atom is 0.430 e. The summed E-state index contributed by atoms with van der Waals surface area (Å²) in [5.41, 5.74) is -0.111. The molecule has 0 bridgehead atoms. The van der Waals surface area contributed by atoms with Crippen LogP contribution in [0, 0.1) is 0 Å². The minimum absolute atomic E-state index is 0.132. The third kappa shape index (κ3) is 2.21. The Morgan fingerprint density at radius 2 is 2.10 bits per heavy atom. The van der Waals surface area contributed by atoms with Crippen LogP contribution >= 0.6 is 11.6 Å². The van der Waals surface area contributed by atoms with E-state index in [0.29, 0.717) is 24.3 Å². The van der Waals surface area contributed by atoms with Crippen LogP contribution in [-0.2, 0) is 11.2 Å². The molecule has 0 fully saturated rings. The van der Waals surface area contributed by atoms with Crippen molar-refractivity contribution in [1.82, 2.24) is 0 Å². The Morgan fingerprint density at radius 3 is 2.71 bits per heavy atom.